The van der Waals surface area contributed by atoms with Crippen molar-refractivity contribution in [3.05, 3.63) is 94.5 Å². The molecule has 0 aliphatic carbocycles. The standard InChI is InChI=1S/C19H14N2O6S/c22-19(20-14-8-2-1-3-9-14)15-10-4-6-12-17(15)27-28(25,26)18-13-7-5-11-16(18)21(23)24/h1-13H,(H,20,22). The van der Waals surface area contributed by atoms with E-state index in [1.165, 1.54) is 30.3 Å². The first-order valence-corrected chi connectivity index (χ1v) is 9.42. The van der Waals surface area contributed by atoms with Crippen LogP contribution in [0.4, 0.5) is 11.4 Å². The van der Waals surface area contributed by atoms with E-state index in [1.807, 2.05) is 0 Å². The van der Waals surface area contributed by atoms with Crippen LogP contribution < -0.4 is 9.50 Å². The van der Waals surface area contributed by atoms with Crippen molar-refractivity contribution in [2.75, 3.05) is 5.32 Å². The van der Waals surface area contributed by atoms with E-state index in [1.54, 1.807) is 36.4 Å². The molecule has 0 atom stereocenters. The third-order valence-corrected chi connectivity index (χ3v) is 4.98. The molecule has 8 nitrogen and oxygen atoms in total. The average Bonchev–Trinajstić information content (AvgIpc) is 2.69. The minimum absolute atomic E-state index is 0.0338. The van der Waals surface area contributed by atoms with Gasteiger partial charge in [0.05, 0.1) is 10.5 Å². The summed E-state index contributed by atoms with van der Waals surface area (Å²) in [5, 5.41) is 13.8. The van der Waals surface area contributed by atoms with Crippen LogP contribution in [-0.2, 0) is 10.1 Å². The Hall–Kier alpha value is -3.72. The molecular formula is C19H14N2O6S. The lowest BCUT2D eigenvalue weighted by atomic mass is 10.2. The van der Waals surface area contributed by atoms with Crippen LogP contribution in [0.15, 0.2) is 83.8 Å². The number of nitrogens with one attached hydrogen (secondary N) is 1. The molecule has 1 amide bonds. The van der Waals surface area contributed by atoms with Crippen LogP contribution in [0.2, 0.25) is 0 Å². The highest BCUT2D eigenvalue weighted by atomic mass is 32.2. The number of anilines is 1. The van der Waals surface area contributed by atoms with Crippen molar-refractivity contribution in [3.8, 4) is 5.75 Å². The van der Waals surface area contributed by atoms with Gasteiger partial charge in [0.1, 0.15) is 0 Å². The van der Waals surface area contributed by atoms with Crippen LogP contribution in [0, 0.1) is 10.1 Å². The van der Waals surface area contributed by atoms with Crippen molar-refractivity contribution in [1.29, 1.82) is 0 Å². The summed E-state index contributed by atoms with van der Waals surface area (Å²) in [6, 6.07) is 19.1. The van der Waals surface area contributed by atoms with Gasteiger partial charge < -0.3 is 9.50 Å². The van der Waals surface area contributed by atoms with Gasteiger partial charge in [-0.1, -0.05) is 42.5 Å². The predicted octanol–water partition coefficient (Wildman–Crippen LogP) is 3.61. The monoisotopic (exact) mass is 398 g/mol. The maximum absolute atomic E-state index is 12.6. The van der Waals surface area contributed by atoms with Gasteiger partial charge in [-0.3, -0.25) is 14.9 Å². The fourth-order valence-electron chi connectivity index (χ4n) is 2.43. The smallest absolute Gasteiger partial charge is 0.346 e. The summed E-state index contributed by atoms with van der Waals surface area (Å²) in [5.74, 6) is -0.825. The Morgan fingerprint density at radius 3 is 2.21 bits per heavy atom. The van der Waals surface area contributed by atoms with E-state index in [-0.39, 0.29) is 11.3 Å². The number of nitro benzene ring substituents is 1. The molecule has 0 saturated heterocycles. The number of hydrogen-bond acceptors (Lipinski definition) is 6. The average molecular weight is 398 g/mol. The van der Waals surface area contributed by atoms with Gasteiger partial charge in [-0.05, 0) is 30.3 Å². The fraction of sp³-hybridized carbons (Fsp3) is 0. The van der Waals surface area contributed by atoms with Gasteiger partial charge in [0.15, 0.2) is 10.6 Å². The lowest BCUT2D eigenvalue weighted by Gasteiger charge is -2.12. The molecule has 0 aliphatic rings. The van der Waals surface area contributed by atoms with Crippen LogP contribution >= 0.6 is 0 Å². The van der Waals surface area contributed by atoms with E-state index in [0.717, 1.165) is 12.1 Å². The third kappa shape index (κ3) is 4.15. The van der Waals surface area contributed by atoms with Gasteiger partial charge in [0.25, 0.3) is 11.6 Å². The van der Waals surface area contributed by atoms with Gasteiger partial charge in [0, 0.05) is 11.8 Å². The maximum Gasteiger partial charge on any atom is 0.346 e. The summed E-state index contributed by atoms with van der Waals surface area (Å²) in [5.41, 5.74) is -0.133. The number of hydrogen-bond donors (Lipinski definition) is 1. The number of rotatable bonds is 6. The predicted molar refractivity (Wildman–Crippen MR) is 102 cm³/mol. The molecule has 3 aromatic rings. The number of benzene rings is 3. The molecular weight excluding hydrogens is 384 g/mol. The molecule has 0 unspecified atom stereocenters. The number of carbonyl (C=O) groups is 1. The molecule has 0 spiro atoms. The highest BCUT2D eigenvalue weighted by molar-refractivity contribution is 7.87. The normalized spacial score (nSPS) is 10.9. The van der Waals surface area contributed by atoms with Crippen molar-refractivity contribution in [2.45, 2.75) is 4.90 Å². The number of nitrogens with zero attached hydrogens (tertiary/aromatic N) is 1. The lowest BCUT2D eigenvalue weighted by molar-refractivity contribution is -0.387. The number of nitro groups is 1. The minimum Gasteiger partial charge on any atom is -0.378 e. The summed E-state index contributed by atoms with van der Waals surface area (Å²) in [6.07, 6.45) is 0. The number of carbonyl (C=O) groups excluding carboxylic acids is 1. The molecule has 28 heavy (non-hydrogen) atoms. The van der Waals surface area contributed by atoms with E-state index in [4.69, 9.17) is 4.18 Å². The van der Waals surface area contributed by atoms with Crippen molar-refractivity contribution in [1.82, 2.24) is 0 Å². The fourth-order valence-corrected chi connectivity index (χ4v) is 3.54. The summed E-state index contributed by atoms with van der Waals surface area (Å²) < 4.78 is 30.3. The van der Waals surface area contributed by atoms with E-state index in [2.05, 4.69) is 5.32 Å². The van der Waals surface area contributed by atoms with Gasteiger partial charge in [-0.25, -0.2) is 0 Å². The summed E-state index contributed by atoms with van der Waals surface area (Å²) >= 11 is 0. The third-order valence-electron chi connectivity index (χ3n) is 3.69. The summed E-state index contributed by atoms with van der Waals surface area (Å²) in [7, 11) is -4.54. The van der Waals surface area contributed by atoms with Crippen molar-refractivity contribution in [2.24, 2.45) is 0 Å². The minimum atomic E-state index is -4.54. The zero-order chi connectivity index (χ0) is 20.1. The molecule has 0 radical (unpaired) electrons. The highest BCUT2D eigenvalue weighted by Crippen LogP contribution is 2.28. The molecule has 0 aliphatic heterocycles. The van der Waals surface area contributed by atoms with Gasteiger partial charge in [-0.2, -0.15) is 8.42 Å². The van der Waals surface area contributed by atoms with Crippen LogP contribution in [-0.4, -0.2) is 19.2 Å². The lowest BCUT2D eigenvalue weighted by Crippen LogP contribution is -2.17. The Kier molecular flexibility index (Phi) is 5.37. The highest BCUT2D eigenvalue weighted by Gasteiger charge is 2.28. The van der Waals surface area contributed by atoms with Crippen LogP contribution in [0.1, 0.15) is 10.4 Å². The Balaban J connectivity index is 1.93. The zero-order valence-electron chi connectivity index (χ0n) is 14.3. The second-order valence-corrected chi connectivity index (χ2v) is 7.09. The number of amides is 1. The molecule has 0 aromatic heterocycles. The second-order valence-electron chi connectivity index (χ2n) is 5.58. The van der Waals surface area contributed by atoms with Gasteiger partial charge >= 0.3 is 10.1 Å². The largest absolute Gasteiger partial charge is 0.378 e. The summed E-state index contributed by atoms with van der Waals surface area (Å²) in [4.78, 5) is 22.2. The Morgan fingerprint density at radius 1 is 0.893 bits per heavy atom. The van der Waals surface area contributed by atoms with Crippen molar-refractivity contribution >= 4 is 27.4 Å². The quantitative estimate of drug-likeness (QED) is 0.385. The SMILES string of the molecule is O=C(Nc1ccccc1)c1ccccc1OS(=O)(=O)c1ccccc1[N+](=O)[O-]. The molecule has 142 valence electrons. The van der Waals surface area contributed by atoms with E-state index < -0.39 is 31.5 Å². The van der Waals surface area contributed by atoms with Crippen LogP contribution in [0.3, 0.4) is 0 Å². The Labute approximate surface area is 160 Å². The zero-order valence-corrected chi connectivity index (χ0v) is 15.1. The van der Waals surface area contributed by atoms with Gasteiger partial charge in [-0.15, -0.1) is 0 Å². The van der Waals surface area contributed by atoms with Crippen LogP contribution in [0.25, 0.3) is 0 Å². The first-order valence-electron chi connectivity index (χ1n) is 8.02. The molecule has 3 rings (SSSR count). The molecule has 3 aromatic carbocycles. The molecule has 9 heteroatoms. The Morgan fingerprint density at radius 2 is 1.50 bits per heavy atom. The first kappa shape index (κ1) is 19.1. The molecule has 0 fully saturated rings. The number of para-hydroxylation sites is 3. The second kappa shape index (κ2) is 7.89. The maximum atomic E-state index is 12.6. The topological polar surface area (TPSA) is 116 Å². The summed E-state index contributed by atoms with van der Waals surface area (Å²) in [6.45, 7) is 0. The van der Waals surface area contributed by atoms with Crippen LogP contribution in [0.5, 0.6) is 5.75 Å². The van der Waals surface area contributed by atoms with Crippen molar-refractivity contribution < 1.29 is 22.3 Å². The molecule has 0 saturated carbocycles. The Bertz CT molecular complexity index is 1130. The van der Waals surface area contributed by atoms with Crippen molar-refractivity contribution in [3.63, 3.8) is 0 Å². The first-order chi connectivity index (χ1) is 13.4. The molecule has 0 heterocycles. The van der Waals surface area contributed by atoms with E-state index in [9.17, 15) is 23.3 Å². The van der Waals surface area contributed by atoms with Gasteiger partial charge in [0.2, 0.25) is 0 Å². The van der Waals surface area contributed by atoms with E-state index >= 15 is 0 Å². The molecule has 1 N–H and O–H groups in total. The molecule has 0 bridgehead atoms. The van der Waals surface area contributed by atoms with E-state index in [0.29, 0.717) is 5.69 Å².